The molecular weight excluding hydrogens is 238 g/mol. The molecule has 0 spiro atoms. The molecule has 1 rings (SSSR count). The summed E-state index contributed by atoms with van der Waals surface area (Å²) in [4.78, 5) is 10.9. The first-order chi connectivity index (χ1) is 9.22. The van der Waals surface area contributed by atoms with E-state index in [1.807, 2.05) is 6.07 Å². The molecule has 3 heteroatoms. The van der Waals surface area contributed by atoms with E-state index in [0.29, 0.717) is 12.5 Å². The SMILES string of the molecule is COC(=O)CCCCN[C@@H](C)CCc1ccccc1. The summed E-state index contributed by atoms with van der Waals surface area (Å²) in [6, 6.07) is 11.1. The topological polar surface area (TPSA) is 38.3 Å². The largest absolute Gasteiger partial charge is 0.469 e. The molecule has 0 aliphatic carbocycles. The Bertz CT molecular complexity index is 351. The first-order valence-electron chi connectivity index (χ1n) is 7.06. The number of unbranched alkanes of at least 4 members (excludes halogenated alkanes) is 1. The van der Waals surface area contributed by atoms with Gasteiger partial charge >= 0.3 is 5.97 Å². The summed E-state index contributed by atoms with van der Waals surface area (Å²) in [6.07, 6.45) is 4.69. The van der Waals surface area contributed by atoms with Crippen LogP contribution in [-0.4, -0.2) is 25.7 Å². The highest BCUT2D eigenvalue weighted by molar-refractivity contribution is 5.68. The van der Waals surface area contributed by atoms with E-state index in [9.17, 15) is 4.79 Å². The van der Waals surface area contributed by atoms with Crippen molar-refractivity contribution in [3.8, 4) is 0 Å². The monoisotopic (exact) mass is 263 g/mol. The lowest BCUT2D eigenvalue weighted by Gasteiger charge is -2.13. The first kappa shape index (κ1) is 15.7. The minimum atomic E-state index is -0.114. The molecule has 0 radical (unpaired) electrons. The van der Waals surface area contributed by atoms with Crippen LogP contribution >= 0.6 is 0 Å². The zero-order valence-electron chi connectivity index (χ0n) is 12.0. The van der Waals surface area contributed by atoms with E-state index >= 15 is 0 Å². The van der Waals surface area contributed by atoms with Crippen molar-refractivity contribution in [3.63, 3.8) is 0 Å². The van der Waals surface area contributed by atoms with Gasteiger partial charge in [0.2, 0.25) is 0 Å². The van der Waals surface area contributed by atoms with Crippen molar-refractivity contribution in [1.82, 2.24) is 5.32 Å². The quantitative estimate of drug-likeness (QED) is 0.550. The normalized spacial score (nSPS) is 12.1. The molecule has 1 N–H and O–H groups in total. The van der Waals surface area contributed by atoms with Gasteiger partial charge in [-0.3, -0.25) is 4.79 Å². The number of nitrogens with one attached hydrogen (secondary N) is 1. The van der Waals surface area contributed by atoms with Crippen LogP contribution in [-0.2, 0) is 16.0 Å². The average molecular weight is 263 g/mol. The number of rotatable bonds is 9. The predicted octanol–water partition coefficient (Wildman–Crippen LogP) is 2.94. The summed E-state index contributed by atoms with van der Waals surface area (Å²) in [7, 11) is 1.44. The van der Waals surface area contributed by atoms with E-state index in [4.69, 9.17) is 0 Å². The summed E-state index contributed by atoms with van der Waals surface area (Å²) in [6.45, 7) is 3.18. The van der Waals surface area contributed by atoms with Crippen molar-refractivity contribution in [2.75, 3.05) is 13.7 Å². The van der Waals surface area contributed by atoms with E-state index in [1.54, 1.807) is 0 Å². The number of carbonyl (C=O) groups excluding carboxylic acids is 1. The fourth-order valence-electron chi connectivity index (χ4n) is 1.97. The molecule has 0 saturated heterocycles. The Kier molecular flexibility index (Phi) is 7.91. The van der Waals surface area contributed by atoms with Crippen LogP contribution in [0.3, 0.4) is 0 Å². The summed E-state index contributed by atoms with van der Waals surface area (Å²) < 4.78 is 4.61. The molecule has 0 heterocycles. The number of ether oxygens (including phenoxy) is 1. The number of methoxy groups -OCH3 is 1. The Labute approximate surface area is 116 Å². The zero-order valence-corrected chi connectivity index (χ0v) is 12.0. The fourth-order valence-corrected chi connectivity index (χ4v) is 1.97. The van der Waals surface area contributed by atoms with Gasteiger partial charge in [-0.15, -0.1) is 0 Å². The molecule has 1 aromatic carbocycles. The molecule has 0 fully saturated rings. The number of benzene rings is 1. The highest BCUT2D eigenvalue weighted by atomic mass is 16.5. The smallest absolute Gasteiger partial charge is 0.305 e. The standard InChI is InChI=1S/C16H25NO2/c1-14(11-12-15-8-4-3-5-9-15)17-13-7-6-10-16(18)19-2/h3-5,8-9,14,17H,6-7,10-13H2,1-2H3/t14-/m0/s1. The van der Waals surface area contributed by atoms with Crippen LogP contribution in [0.1, 0.15) is 38.2 Å². The van der Waals surface area contributed by atoms with E-state index in [1.165, 1.54) is 12.7 Å². The van der Waals surface area contributed by atoms with Gasteiger partial charge in [-0.05, 0) is 44.7 Å². The van der Waals surface area contributed by atoms with Crippen LogP contribution in [0.2, 0.25) is 0 Å². The molecule has 0 aliphatic heterocycles. The second kappa shape index (κ2) is 9.56. The summed E-state index contributed by atoms with van der Waals surface area (Å²) in [5.74, 6) is -0.114. The lowest BCUT2D eigenvalue weighted by Crippen LogP contribution is -2.27. The number of carbonyl (C=O) groups is 1. The molecular formula is C16H25NO2. The van der Waals surface area contributed by atoms with Crippen molar-refractivity contribution in [2.24, 2.45) is 0 Å². The third-order valence-corrected chi connectivity index (χ3v) is 3.24. The fraction of sp³-hybridized carbons (Fsp3) is 0.562. The number of aryl methyl sites for hydroxylation is 1. The Morgan fingerprint density at radius 1 is 1.26 bits per heavy atom. The van der Waals surface area contributed by atoms with Gasteiger partial charge in [0.25, 0.3) is 0 Å². The van der Waals surface area contributed by atoms with Crippen LogP contribution in [0.15, 0.2) is 30.3 Å². The van der Waals surface area contributed by atoms with E-state index < -0.39 is 0 Å². The maximum absolute atomic E-state index is 10.9. The van der Waals surface area contributed by atoms with E-state index in [-0.39, 0.29) is 5.97 Å². The van der Waals surface area contributed by atoms with Crippen LogP contribution in [0, 0.1) is 0 Å². The van der Waals surface area contributed by atoms with Crippen LogP contribution in [0.5, 0.6) is 0 Å². The molecule has 0 unspecified atom stereocenters. The minimum absolute atomic E-state index is 0.114. The Morgan fingerprint density at radius 2 is 2.00 bits per heavy atom. The van der Waals surface area contributed by atoms with Gasteiger partial charge in [-0.2, -0.15) is 0 Å². The van der Waals surface area contributed by atoms with Crippen molar-refractivity contribution >= 4 is 5.97 Å². The third kappa shape index (κ3) is 7.62. The lowest BCUT2D eigenvalue weighted by molar-refractivity contribution is -0.140. The molecule has 0 bridgehead atoms. The number of hydrogen-bond donors (Lipinski definition) is 1. The summed E-state index contributed by atoms with van der Waals surface area (Å²) >= 11 is 0. The molecule has 0 aromatic heterocycles. The van der Waals surface area contributed by atoms with Gasteiger partial charge in [-0.25, -0.2) is 0 Å². The number of hydrogen-bond acceptors (Lipinski definition) is 3. The molecule has 19 heavy (non-hydrogen) atoms. The molecule has 1 aromatic rings. The second-order valence-corrected chi connectivity index (χ2v) is 4.91. The lowest BCUT2D eigenvalue weighted by atomic mass is 10.1. The highest BCUT2D eigenvalue weighted by Gasteiger charge is 2.03. The molecule has 106 valence electrons. The molecule has 0 saturated carbocycles. The van der Waals surface area contributed by atoms with Gasteiger partial charge in [0.1, 0.15) is 0 Å². The third-order valence-electron chi connectivity index (χ3n) is 3.24. The molecule has 0 aliphatic rings. The maximum Gasteiger partial charge on any atom is 0.305 e. The summed E-state index contributed by atoms with van der Waals surface area (Å²) in [5, 5.41) is 3.49. The Balaban J connectivity index is 2.02. The van der Waals surface area contributed by atoms with Crippen molar-refractivity contribution in [1.29, 1.82) is 0 Å². The molecule has 0 amide bonds. The second-order valence-electron chi connectivity index (χ2n) is 4.91. The van der Waals surface area contributed by atoms with Gasteiger partial charge < -0.3 is 10.1 Å². The minimum Gasteiger partial charge on any atom is -0.469 e. The number of esters is 1. The highest BCUT2D eigenvalue weighted by Crippen LogP contribution is 2.05. The van der Waals surface area contributed by atoms with Crippen molar-refractivity contribution < 1.29 is 9.53 Å². The molecule has 3 nitrogen and oxygen atoms in total. The van der Waals surface area contributed by atoms with Gasteiger partial charge in [0.15, 0.2) is 0 Å². The first-order valence-corrected chi connectivity index (χ1v) is 7.06. The average Bonchev–Trinajstić information content (AvgIpc) is 2.45. The maximum atomic E-state index is 10.9. The van der Waals surface area contributed by atoms with E-state index in [0.717, 1.165) is 32.2 Å². The van der Waals surface area contributed by atoms with Gasteiger partial charge in [0.05, 0.1) is 7.11 Å². The van der Waals surface area contributed by atoms with Crippen LogP contribution in [0.4, 0.5) is 0 Å². The van der Waals surface area contributed by atoms with Gasteiger partial charge in [0, 0.05) is 12.5 Å². The van der Waals surface area contributed by atoms with Crippen molar-refractivity contribution in [2.45, 2.75) is 45.1 Å². The van der Waals surface area contributed by atoms with Gasteiger partial charge in [-0.1, -0.05) is 30.3 Å². The molecule has 1 atom stereocenters. The van der Waals surface area contributed by atoms with Crippen molar-refractivity contribution in [3.05, 3.63) is 35.9 Å². The van der Waals surface area contributed by atoms with Crippen LogP contribution < -0.4 is 5.32 Å². The predicted molar refractivity (Wildman–Crippen MR) is 78.1 cm³/mol. The van der Waals surface area contributed by atoms with E-state index in [2.05, 4.69) is 41.2 Å². The Morgan fingerprint density at radius 3 is 2.68 bits per heavy atom. The Hall–Kier alpha value is -1.35. The zero-order chi connectivity index (χ0) is 13.9. The summed E-state index contributed by atoms with van der Waals surface area (Å²) in [5.41, 5.74) is 1.39. The van der Waals surface area contributed by atoms with Crippen LogP contribution in [0.25, 0.3) is 0 Å².